The number of carbonyl (C=O) groups is 1. The summed E-state index contributed by atoms with van der Waals surface area (Å²) in [6.07, 6.45) is 0. The molecule has 1 rings (SSSR count). The zero-order chi connectivity index (χ0) is 10.1. The van der Waals surface area contributed by atoms with Gasteiger partial charge in [-0.05, 0) is 23.7 Å². The lowest BCUT2D eigenvalue weighted by atomic mass is 10.3. The number of hydrogen-bond acceptors (Lipinski definition) is 4. The summed E-state index contributed by atoms with van der Waals surface area (Å²) in [5.74, 6) is 9.54. The van der Waals surface area contributed by atoms with Crippen LogP contribution in [-0.2, 0) is 0 Å². The minimum absolute atomic E-state index is 0.745. The van der Waals surface area contributed by atoms with Gasteiger partial charge in [-0.1, -0.05) is 18.2 Å². The number of nitrogens with two attached hydrogens (primary N) is 2. The molecule has 1 aromatic rings. The molecule has 13 heavy (non-hydrogen) atoms. The topological polar surface area (TPSA) is 93.2 Å². The molecule has 0 fully saturated rings. The van der Waals surface area contributed by atoms with Crippen LogP contribution in [0.2, 0.25) is 0 Å². The Balaban J connectivity index is 0.000000252. The second-order valence-corrected chi connectivity index (χ2v) is 2.27. The van der Waals surface area contributed by atoms with Crippen molar-refractivity contribution in [3.63, 3.8) is 0 Å². The molecule has 0 aromatic heterocycles. The molecule has 0 saturated heterocycles. The number of benzene rings is 1. The van der Waals surface area contributed by atoms with E-state index in [9.17, 15) is 4.79 Å². The molecule has 0 heterocycles. The number of nitrogen functional groups attached to an aromatic ring is 1. The minimum Gasteiger partial charge on any atom is -0.324 e. The van der Waals surface area contributed by atoms with Crippen LogP contribution in [0.25, 0.3) is 0 Å². The van der Waals surface area contributed by atoms with Gasteiger partial charge >= 0.3 is 5.37 Å². The van der Waals surface area contributed by atoms with E-state index >= 15 is 0 Å². The molecule has 0 saturated carbocycles. The first-order chi connectivity index (χ1) is 6.20. The zero-order valence-corrected chi connectivity index (χ0v) is 7.58. The van der Waals surface area contributed by atoms with Gasteiger partial charge in [0.05, 0.1) is 0 Å². The number of anilines is 1. The van der Waals surface area contributed by atoms with Crippen molar-refractivity contribution in [2.75, 3.05) is 5.43 Å². The Kier molecular flexibility index (Phi) is 6.62. The van der Waals surface area contributed by atoms with Gasteiger partial charge in [-0.3, -0.25) is 16.1 Å². The maximum atomic E-state index is 9.34. The van der Waals surface area contributed by atoms with Crippen molar-refractivity contribution in [3.05, 3.63) is 30.3 Å². The third-order valence-corrected chi connectivity index (χ3v) is 1.16. The number of nitrogens with one attached hydrogen (secondary N) is 2. The van der Waals surface area contributed by atoms with Crippen LogP contribution in [0.3, 0.4) is 0 Å². The highest BCUT2D eigenvalue weighted by atomic mass is 35.5. The Morgan fingerprint density at radius 1 is 1.23 bits per heavy atom. The summed E-state index contributed by atoms with van der Waals surface area (Å²) in [6, 6.07) is 9.60. The molecule has 0 spiro atoms. The Labute approximate surface area is 81.0 Å². The van der Waals surface area contributed by atoms with E-state index in [2.05, 4.69) is 22.9 Å². The maximum Gasteiger partial charge on any atom is 0.327 e. The number of hydrogen-bond donors (Lipinski definition) is 4. The average molecular weight is 203 g/mol. The quantitative estimate of drug-likeness (QED) is 0.178. The van der Waals surface area contributed by atoms with E-state index in [1.807, 2.05) is 30.3 Å². The van der Waals surface area contributed by atoms with Gasteiger partial charge in [-0.25, -0.2) is 5.84 Å². The van der Waals surface area contributed by atoms with Gasteiger partial charge in [0.15, 0.2) is 0 Å². The van der Waals surface area contributed by atoms with Crippen LogP contribution in [0.5, 0.6) is 0 Å². The lowest BCUT2D eigenvalue weighted by Crippen LogP contribution is -2.23. The molecule has 6 heteroatoms. The largest absolute Gasteiger partial charge is 0.327 e. The number of para-hydroxylation sites is 1. The van der Waals surface area contributed by atoms with Crippen LogP contribution >= 0.6 is 11.6 Å². The molecular weight excluding hydrogens is 192 g/mol. The van der Waals surface area contributed by atoms with Crippen molar-refractivity contribution in [1.29, 1.82) is 0 Å². The molecule has 1 aromatic carbocycles. The highest BCUT2D eigenvalue weighted by Gasteiger charge is 1.78. The van der Waals surface area contributed by atoms with Crippen molar-refractivity contribution >= 4 is 22.7 Å². The number of halogens is 1. The van der Waals surface area contributed by atoms with E-state index in [1.165, 1.54) is 0 Å². The van der Waals surface area contributed by atoms with Gasteiger partial charge in [0.1, 0.15) is 0 Å². The fourth-order valence-electron chi connectivity index (χ4n) is 0.534. The second kappa shape index (κ2) is 7.35. The van der Waals surface area contributed by atoms with Gasteiger partial charge < -0.3 is 5.43 Å². The summed E-state index contributed by atoms with van der Waals surface area (Å²) < 4.78 is 0. The van der Waals surface area contributed by atoms with E-state index in [-0.39, 0.29) is 0 Å². The number of hydrazine groups is 2. The Hall–Kier alpha value is -1.30. The van der Waals surface area contributed by atoms with Crippen LogP contribution in [0.1, 0.15) is 0 Å². The highest BCUT2D eigenvalue weighted by Crippen LogP contribution is 2.00. The van der Waals surface area contributed by atoms with Crippen LogP contribution in [0, 0.1) is 0 Å². The Bertz CT molecular complexity index is 242. The molecule has 1 amide bonds. The number of carbonyl (C=O) groups excluding carboxylic acids is 1. The molecule has 0 atom stereocenters. The predicted octanol–water partition coefficient (Wildman–Crippen LogP) is 0.781. The number of rotatable bonds is 1. The molecule has 6 N–H and O–H groups in total. The maximum absolute atomic E-state index is 9.34. The van der Waals surface area contributed by atoms with Gasteiger partial charge in [0, 0.05) is 5.69 Å². The summed E-state index contributed by atoms with van der Waals surface area (Å²) >= 11 is 4.59. The molecule has 0 radical (unpaired) electrons. The molecule has 0 aliphatic carbocycles. The standard InChI is InChI=1S/C6H8N2.CH3ClN2O/c7-8-6-4-2-1-3-5-6;2-1(5)4-3/h1-5,8H,7H2;3H2,(H,4,5). The lowest BCUT2D eigenvalue weighted by molar-refractivity contribution is 0.260. The van der Waals surface area contributed by atoms with Crippen LogP contribution in [-0.4, -0.2) is 5.37 Å². The third kappa shape index (κ3) is 7.07. The fourth-order valence-corrected chi connectivity index (χ4v) is 0.534. The summed E-state index contributed by atoms with van der Waals surface area (Å²) in [6.45, 7) is 0. The van der Waals surface area contributed by atoms with Gasteiger partial charge in [0.2, 0.25) is 0 Å². The fraction of sp³-hybridized carbons (Fsp3) is 0. The SMILES string of the molecule is NNC(=O)Cl.NNc1ccccc1. The van der Waals surface area contributed by atoms with Crippen molar-refractivity contribution < 1.29 is 4.79 Å². The molecule has 72 valence electrons. The zero-order valence-electron chi connectivity index (χ0n) is 6.83. The Morgan fingerprint density at radius 2 is 1.69 bits per heavy atom. The van der Waals surface area contributed by atoms with Crippen molar-refractivity contribution in [2.45, 2.75) is 0 Å². The summed E-state index contributed by atoms with van der Waals surface area (Å²) in [7, 11) is 0. The Morgan fingerprint density at radius 3 is 1.92 bits per heavy atom. The smallest absolute Gasteiger partial charge is 0.324 e. The first kappa shape index (κ1) is 11.7. The lowest BCUT2D eigenvalue weighted by Gasteiger charge is -1.94. The average Bonchev–Trinajstić information content (AvgIpc) is 2.20. The number of amides is 1. The summed E-state index contributed by atoms with van der Waals surface area (Å²) in [5.41, 5.74) is 5.12. The van der Waals surface area contributed by atoms with Crippen LogP contribution in [0.4, 0.5) is 10.5 Å². The highest BCUT2D eigenvalue weighted by molar-refractivity contribution is 6.62. The van der Waals surface area contributed by atoms with Crippen molar-refractivity contribution in [3.8, 4) is 0 Å². The molecule has 0 unspecified atom stereocenters. The molecular formula is C7H11ClN4O. The normalized spacial score (nSPS) is 7.92. The molecule has 0 aliphatic heterocycles. The summed E-state index contributed by atoms with van der Waals surface area (Å²) in [5, 5.41) is -0.745. The van der Waals surface area contributed by atoms with Gasteiger partial charge in [-0.2, -0.15) is 0 Å². The predicted molar refractivity (Wildman–Crippen MR) is 52.8 cm³/mol. The van der Waals surface area contributed by atoms with Crippen LogP contribution < -0.4 is 22.5 Å². The van der Waals surface area contributed by atoms with Crippen molar-refractivity contribution in [1.82, 2.24) is 5.43 Å². The minimum atomic E-state index is -0.745. The second-order valence-electron chi connectivity index (χ2n) is 1.93. The van der Waals surface area contributed by atoms with E-state index < -0.39 is 5.37 Å². The van der Waals surface area contributed by atoms with Crippen molar-refractivity contribution in [2.24, 2.45) is 11.7 Å². The first-order valence-corrected chi connectivity index (χ1v) is 3.76. The van der Waals surface area contributed by atoms with Crippen LogP contribution in [0.15, 0.2) is 30.3 Å². The monoisotopic (exact) mass is 202 g/mol. The van der Waals surface area contributed by atoms with Gasteiger partial charge in [-0.15, -0.1) is 0 Å². The molecule has 5 nitrogen and oxygen atoms in total. The van der Waals surface area contributed by atoms with E-state index in [0.717, 1.165) is 5.69 Å². The van der Waals surface area contributed by atoms with E-state index in [4.69, 9.17) is 5.84 Å². The molecule has 0 aliphatic rings. The summed E-state index contributed by atoms with van der Waals surface area (Å²) in [4.78, 5) is 9.34. The third-order valence-electron chi connectivity index (χ3n) is 1.05. The molecule has 0 bridgehead atoms. The van der Waals surface area contributed by atoms with E-state index in [0.29, 0.717) is 0 Å². The first-order valence-electron chi connectivity index (χ1n) is 3.38. The van der Waals surface area contributed by atoms with Gasteiger partial charge in [0.25, 0.3) is 0 Å². The van der Waals surface area contributed by atoms with E-state index in [1.54, 1.807) is 5.43 Å².